The number of rotatable bonds is 8. The van der Waals surface area contributed by atoms with Crippen LogP contribution in [-0.4, -0.2) is 74.2 Å². The summed E-state index contributed by atoms with van der Waals surface area (Å²) < 4.78 is 28.8. The fraction of sp³-hybridized carbons (Fsp3) is 0.600. The van der Waals surface area contributed by atoms with Crippen LogP contribution in [0.4, 0.5) is 11.4 Å². The van der Waals surface area contributed by atoms with Crippen molar-refractivity contribution in [3.8, 4) is 12.3 Å². The summed E-state index contributed by atoms with van der Waals surface area (Å²) in [6.07, 6.45) is 7.85. The van der Waals surface area contributed by atoms with Gasteiger partial charge >= 0.3 is 0 Å². The number of nitrogens with zero attached hydrogens (tertiary/aromatic N) is 4. The molecule has 2 rings (SSSR count). The highest BCUT2D eigenvalue weighted by molar-refractivity contribution is 9.09. The smallest absolute Gasteiger partial charge is 0.272 e. The summed E-state index contributed by atoms with van der Waals surface area (Å²) >= 11 is 3.41. The predicted octanol–water partition coefficient (Wildman–Crippen LogP) is 2.90. The minimum atomic E-state index is -3.96. The first-order valence-corrected chi connectivity index (χ1v) is 12.6. The number of benzene rings is 1. The monoisotopic (exact) mass is 500 g/mol. The summed E-state index contributed by atoms with van der Waals surface area (Å²) in [6, 6.07) is 2.45. The molecule has 0 unspecified atom stereocenters. The molecule has 1 saturated heterocycles. The van der Waals surface area contributed by atoms with Crippen LogP contribution in [-0.2, 0) is 10.0 Å². The molecule has 8 nitrogen and oxygen atoms in total. The molecule has 0 saturated carbocycles. The van der Waals surface area contributed by atoms with E-state index in [4.69, 9.17) is 6.42 Å². The second kappa shape index (κ2) is 11.1. The number of hydrogen-bond acceptors (Lipinski definition) is 6. The highest BCUT2D eigenvalue weighted by atomic mass is 79.9. The molecular weight excluding hydrogens is 472 g/mol. The van der Waals surface area contributed by atoms with Crippen LogP contribution in [0.5, 0.6) is 0 Å². The summed E-state index contributed by atoms with van der Waals surface area (Å²) in [7, 11) is -1.94. The Hall–Kier alpha value is -1.67. The molecule has 30 heavy (non-hydrogen) atoms. The molecule has 1 aromatic carbocycles. The lowest BCUT2D eigenvalue weighted by Gasteiger charge is -2.31. The molecule has 1 aliphatic rings. The Bertz CT molecular complexity index is 885. The van der Waals surface area contributed by atoms with E-state index in [0.717, 1.165) is 25.6 Å². The first-order chi connectivity index (χ1) is 14.3. The van der Waals surface area contributed by atoms with E-state index in [1.54, 1.807) is 0 Å². The Morgan fingerprint density at radius 3 is 2.37 bits per heavy atom. The number of nitro groups is 1. The molecular formula is C20H29BrN4O4S. The molecule has 1 aromatic rings. The van der Waals surface area contributed by atoms with Gasteiger partial charge in [-0.15, -0.1) is 6.42 Å². The average molecular weight is 501 g/mol. The van der Waals surface area contributed by atoms with Crippen molar-refractivity contribution in [2.24, 2.45) is 0 Å². The van der Waals surface area contributed by atoms with Gasteiger partial charge < -0.3 is 9.80 Å². The van der Waals surface area contributed by atoms with E-state index in [0.29, 0.717) is 50.0 Å². The maximum atomic E-state index is 13.7. The first kappa shape index (κ1) is 24.6. The van der Waals surface area contributed by atoms with E-state index in [2.05, 4.69) is 26.8 Å². The number of halogens is 1. The molecule has 166 valence electrons. The highest BCUT2D eigenvalue weighted by Gasteiger charge is 2.33. The topological polar surface area (TPSA) is 87.0 Å². The van der Waals surface area contributed by atoms with E-state index in [9.17, 15) is 18.5 Å². The van der Waals surface area contributed by atoms with Crippen LogP contribution in [0.1, 0.15) is 31.7 Å². The molecule has 0 N–H and O–H groups in total. The minimum absolute atomic E-state index is 0.0759. The van der Waals surface area contributed by atoms with E-state index in [1.807, 2.05) is 18.9 Å². The van der Waals surface area contributed by atoms with Crippen LogP contribution < -0.4 is 4.90 Å². The van der Waals surface area contributed by atoms with Crippen molar-refractivity contribution in [3.05, 3.63) is 27.8 Å². The zero-order valence-corrected chi connectivity index (χ0v) is 19.9. The van der Waals surface area contributed by atoms with Gasteiger partial charge in [0.15, 0.2) is 0 Å². The molecule has 10 heteroatoms. The van der Waals surface area contributed by atoms with Crippen molar-refractivity contribution in [1.29, 1.82) is 0 Å². The van der Waals surface area contributed by atoms with Gasteiger partial charge in [0.2, 0.25) is 10.0 Å². The van der Waals surface area contributed by atoms with Crippen molar-refractivity contribution < 1.29 is 13.3 Å². The van der Waals surface area contributed by atoms with Gasteiger partial charge in [-0.05, 0) is 39.4 Å². The molecule has 0 aliphatic carbocycles. The normalized spacial score (nSPS) is 16.5. The third-order valence-corrected chi connectivity index (χ3v) is 7.37. The van der Waals surface area contributed by atoms with Gasteiger partial charge in [-0.2, -0.15) is 4.31 Å². The number of non-ortho nitro benzene ring substituents is 1. The fourth-order valence-corrected chi connectivity index (χ4v) is 5.87. The van der Waals surface area contributed by atoms with Gasteiger partial charge in [-0.3, -0.25) is 10.1 Å². The van der Waals surface area contributed by atoms with Gasteiger partial charge in [0.25, 0.3) is 5.69 Å². The SMILES string of the molecule is C#Cc1cc([N+](=O)[O-])cc(S(=O)(=O)N2CCCN(C)CCC2)c1N(CCC)CCBr. The number of sulfonamides is 1. The average Bonchev–Trinajstić information content (AvgIpc) is 2.69. The van der Waals surface area contributed by atoms with Crippen LogP contribution in [0.2, 0.25) is 0 Å². The number of terminal acetylenes is 1. The van der Waals surface area contributed by atoms with Crippen molar-refractivity contribution >= 4 is 37.3 Å². The zero-order valence-electron chi connectivity index (χ0n) is 17.5. The molecule has 0 atom stereocenters. The zero-order chi connectivity index (χ0) is 22.3. The summed E-state index contributed by atoms with van der Waals surface area (Å²) in [5, 5.41) is 12.1. The van der Waals surface area contributed by atoms with Crippen LogP contribution in [0.3, 0.4) is 0 Å². The molecule has 0 bridgehead atoms. The molecule has 0 radical (unpaired) electrons. The Labute approximate surface area is 187 Å². The van der Waals surface area contributed by atoms with Gasteiger partial charge in [-0.25, -0.2) is 8.42 Å². The molecule has 1 aliphatic heterocycles. The summed E-state index contributed by atoms with van der Waals surface area (Å²) in [6.45, 7) is 5.45. The van der Waals surface area contributed by atoms with Crippen LogP contribution >= 0.6 is 15.9 Å². The Balaban J connectivity index is 2.66. The second-order valence-corrected chi connectivity index (χ2v) is 10.0. The Kier molecular flexibility index (Phi) is 9.09. The van der Waals surface area contributed by atoms with Crippen molar-refractivity contribution in [3.63, 3.8) is 0 Å². The molecule has 0 amide bonds. The lowest BCUT2D eigenvalue weighted by Crippen LogP contribution is -2.39. The molecule has 1 fully saturated rings. The van der Waals surface area contributed by atoms with E-state index in [-0.39, 0.29) is 16.1 Å². The van der Waals surface area contributed by atoms with Crippen molar-refractivity contribution in [1.82, 2.24) is 9.21 Å². The van der Waals surface area contributed by atoms with Crippen LogP contribution in [0.25, 0.3) is 0 Å². The number of alkyl halides is 1. The summed E-state index contributed by atoms with van der Waals surface area (Å²) in [5.74, 6) is 2.48. The van der Waals surface area contributed by atoms with Gasteiger partial charge in [0.05, 0.1) is 16.2 Å². The lowest BCUT2D eigenvalue weighted by atomic mass is 10.1. The Morgan fingerprint density at radius 2 is 1.87 bits per heavy atom. The minimum Gasteiger partial charge on any atom is -0.369 e. The number of anilines is 1. The highest BCUT2D eigenvalue weighted by Crippen LogP contribution is 2.36. The lowest BCUT2D eigenvalue weighted by molar-refractivity contribution is -0.385. The quantitative estimate of drug-likeness (QED) is 0.236. The van der Waals surface area contributed by atoms with Gasteiger partial charge in [0.1, 0.15) is 4.90 Å². The van der Waals surface area contributed by atoms with Crippen LogP contribution in [0.15, 0.2) is 17.0 Å². The van der Waals surface area contributed by atoms with Gasteiger partial charge in [-0.1, -0.05) is 28.8 Å². The molecule has 0 spiro atoms. The largest absolute Gasteiger partial charge is 0.369 e. The van der Waals surface area contributed by atoms with E-state index in [1.165, 1.54) is 10.4 Å². The standard InChI is InChI=1S/C20H29BrN4O4S/c1-4-9-23(14-8-21)20-17(5-2)15-18(25(26)27)16-19(20)30(28,29)24-12-6-10-22(3)11-7-13-24/h2,15-16H,4,6-14H2,1,3H3. The summed E-state index contributed by atoms with van der Waals surface area (Å²) in [4.78, 5) is 14.9. The van der Waals surface area contributed by atoms with Crippen molar-refractivity contribution in [2.45, 2.75) is 31.1 Å². The number of nitro benzene ring substituents is 1. The fourth-order valence-electron chi connectivity index (χ4n) is 3.68. The van der Waals surface area contributed by atoms with Gasteiger partial charge in [0, 0.05) is 43.6 Å². The molecule has 1 heterocycles. The summed E-state index contributed by atoms with van der Waals surface area (Å²) in [5.41, 5.74) is 0.292. The van der Waals surface area contributed by atoms with Crippen LogP contribution in [0, 0.1) is 22.5 Å². The second-order valence-electron chi connectivity index (χ2n) is 7.33. The first-order valence-electron chi connectivity index (χ1n) is 10.0. The maximum Gasteiger partial charge on any atom is 0.272 e. The third kappa shape index (κ3) is 5.72. The van der Waals surface area contributed by atoms with E-state index < -0.39 is 14.9 Å². The van der Waals surface area contributed by atoms with Crippen molar-refractivity contribution in [2.75, 3.05) is 56.5 Å². The Morgan fingerprint density at radius 1 is 1.23 bits per heavy atom. The predicted molar refractivity (Wildman–Crippen MR) is 123 cm³/mol. The number of hydrogen-bond donors (Lipinski definition) is 0. The molecule has 0 aromatic heterocycles. The van der Waals surface area contributed by atoms with E-state index >= 15 is 0 Å². The third-order valence-electron chi connectivity index (χ3n) is 5.10. The maximum absolute atomic E-state index is 13.7.